The molecule has 6 heteroatoms. The Labute approximate surface area is 118 Å². The average Bonchev–Trinajstić information content (AvgIpc) is 2.80. The molecule has 1 amide bonds. The first-order chi connectivity index (χ1) is 9.06. The second kappa shape index (κ2) is 6.32. The highest BCUT2D eigenvalue weighted by Crippen LogP contribution is 2.26. The lowest BCUT2D eigenvalue weighted by atomic mass is 10.1. The molecule has 1 aromatic carbocycles. The number of amides is 1. The van der Waals surface area contributed by atoms with E-state index in [1.54, 1.807) is 6.07 Å². The summed E-state index contributed by atoms with van der Waals surface area (Å²) in [5.74, 6) is -0.477. The van der Waals surface area contributed by atoms with Crippen LogP contribution in [0.15, 0.2) is 22.7 Å². The van der Waals surface area contributed by atoms with Crippen LogP contribution in [0, 0.1) is 0 Å². The number of carbonyl (C=O) groups excluding carboxylic acids is 1. The van der Waals surface area contributed by atoms with Crippen molar-refractivity contribution in [1.29, 1.82) is 0 Å². The summed E-state index contributed by atoms with van der Waals surface area (Å²) in [6, 6.07) is 4.61. The maximum Gasteiger partial charge on any atom is 0.387 e. The van der Waals surface area contributed by atoms with E-state index in [2.05, 4.69) is 26.0 Å². The van der Waals surface area contributed by atoms with Gasteiger partial charge >= 0.3 is 6.61 Å². The fraction of sp³-hybridized carbons (Fsp3) is 0.462. The van der Waals surface area contributed by atoms with Gasteiger partial charge < -0.3 is 10.1 Å². The predicted molar refractivity (Wildman–Crippen MR) is 70.5 cm³/mol. The molecule has 104 valence electrons. The number of hydrogen-bond donors (Lipinski definition) is 1. The molecule has 0 unspecified atom stereocenters. The summed E-state index contributed by atoms with van der Waals surface area (Å²) >= 11 is 3.17. The molecule has 1 N–H and O–H groups in total. The van der Waals surface area contributed by atoms with E-state index < -0.39 is 6.61 Å². The summed E-state index contributed by atoms with van der Waals surface area (Å²) in [6.45, 7) is -2.95. The summed E-state index contributed by atoms with van der Waals surface area (Å²) in [5, 5.41) is 2.85. The first-order valence-corrected chi connectivity index (χ1v) is 6.91. The molecule has 1 aliphatic carbocycles. The Morgan fingerprint density at radius 3 is 2.68 bits per heavy atom. The van der Waals surface area contributed by atoms with Crippen molar-refractivity contribution in [2.24, 2.45) is 0 Å². The molecule has 0 radical (unpaired) electrons. The van der Waals surface area contributed by atoms with Crippen molar-refractivity contribution in [3.8, 4) is 5.75 Å². The summed E-state index contributed by atoms with van der Waals surface area (Å²) in [7, 11) is 0. The normalized spacial score (nSPS) is 15.8. The van der Waals surface area contributed by atoms with E-state index in [1.165, 1.54) is 12.1 Å². The van der Waals surface area contributed by atoms with Gasteiger partial charge in [-0.1, -0.05) is 28.8 Å². The Morgan fingerprint density at radius 1 is 1.37 bits per heavy atom. The van der Waals surface area contributed by atoms with Crippen molar-refractivity contribution >= 4 is 21.8 Å². The van der Waals surface area contributed by atoms with Crippen molar-refractivity contribution < 1.29 is 18.3 Å². The fourth-order valence-electron chi connectivity index (χ4n) is 2.21. The van der Waals surface area contributed by atoms with Crippen LogP contribution in [0.1, 0.15) is 36.0 Å². The number of benzene rings is 1. The van der Waals surface area contributed by atoms with E-state index in [0.29, 0.717) is 4.47 Å². The first kappa shape index (κ1) is 14.2. The molecule has 19 heavy (non-hydrogen) atoms. The molecule has 0 bridgehead atoms. The molecule has 0 atom stereocenters. The van der Waals surface area contributed by atoms with Gasteiger partial charge in [0.1, 0.15) is 5.75 Å². The number of alkyl halides is 2. The molecule has 0 aliphatic heterocycles. The lowest BCUT2D eigenvalue weighted by molar-refractivity contribution is -0.0502. The van der Waals surface area contributed by atoms with Gasteiger partial charge in [-0.2, -0.15) is 8.78 Å². The van der Waals surface area contributed by atoms with Crippen LogP contribution >= 0.6 is 15.9 Å². The van der Waals surface area contributed by atoms with Gasteiger partial charge in [-0.3, -0.25) is 4.79 Å². The quantitative estimate of drug-likeness (QED) is 0.911. The van der Waals surface area contributed by atoms with Crippen LogP contribution in [0.2, 0.25) is 0 Å². The highest BCUT2D eigenvalue weighted by Gasteiger charge is 2.21. The van der Waals surface area contributed by atoms with Gasteiger partial charge in [-0.25, -0.2) is 0 Å². The van der Waals surface area contributed by atoms with Crippen LogP contribution in [0.3, 0.4) is 0 Å². The molecule has 0 heterocycles. The van der Waals surface area contributed by atoms with E-state index >= 15 is 0 Å². The monoisotopic (exact) mass is 333 g/mol. The Balaban J connectivity index is 2.14. The Kier molecular flexibility index (Phi) is 4.74. The molecule has 3 nitrogen and oxygen atoms in total. The van der Waals surface area contributed by atoms with E-state index in [-0.39, 0.29) is 23.3 Å². The molecular formula is C13H14BrF2NO2. The zero-order valence-corrected chi connectivity index (χ0v) is 11.8. The van der Waals surface area contributed by atoms with Crippen molar-refractivity contribution in [1.82, 2.24) is 5.32 Å². The van der Waals surface area contributed by atoms with Gasteiger partial charge in [-0.05, 0) is 31.0 Å². The highest BCUT2D eigenvalue weighted by atomic mass is 79.9. The lowest BCUT2D eigenvalue weighted by Gasteiger charge is -2.15. The summed E-state index contributed by atoms with van der Waals surface area (Å²) in [4.78, 5) is 12.1. The van der Waals surface area contributed by atoms with Gasteiger partial charge in [0, 0.05) is 10.5 Å². The molecule has 1 aliphatic rings. The zero-order chi connectivity index (χ0) is 13.8. The van der Waals surface area contributed by atoms with Crippen LogP contribution in [0.4, 0.5) is 8.78 Å². The largest absolute Gasteiger partial charge is 0.434 e. The second-order valence-corrected chi connectivity index (χ2v) is 5.39. The Hall–Kier alpha value is -1.17. The van der Waals surface area contributed by atoms with E-state index in [4.69, 9.17) is 0 Å². The summed E-state index contributed by atoms with van der Waals surface area (Å²) < 4.78 is 29.6. The standard InChI is InChI=1S/C13H14BrF2NO2/c14-8-5-6-10(11(7-8)19-13(15)16)12(18)17-9-3-1-2-4-9/h5-7,9,13H,1-4H2,(H,17,18). The van der Waals surface area contributed by atoms with Gasteiger partial charge in [0.2, 0.25) is 0 Å². The second-order valence-electron chi connectivity index (χ2n) is 4.47. The summed E-state index contributed by atoms with van der Waals surface area (Å²) in [6.07, 6.45) is 4.05. The van der Waals surface area contributed by atoms with Crippen molar-refractivity contribution in [3.63, 3.8) is 0 Å². The number of ether oxygens (including phenoxy) is 1. The summed E-state index contributed by atoms with van der Waals surface area (Å²) in [5.41, 5.74) is 0.135. The van der Waals surface area contributed by atoms with Gasteiger partial charge in [0.15, 0.2) is 0 Å². The molecule has 0 aromatic heterocycles. The number of nitrogens with one attached hydrogen (secondary N) is 1. The van der Waals surface area contributed by atoms with Gasteiger partial charge in [0.05, 0.1) is 5.56 Å². The number of halogens is 3. The van der Waals surface area contributed by atoms with Crippen molar-refractivity contribution in [2.75, 3.05) is 0 Å². The van der Waals surface area contributed by atoms with Gasteiger partial charge in [-0.15, -0.1) is 0 Å². The molecule has 1 fully saturated rings. The Bertz CT molecular complexity index is 462. The molecule has 0 spiro atoms. The van der Waals surface area contributed by atoms with E-state index in [1.807, 2.05) is 0 Å². The molecule has 1 saturated carbocycles. The first-order valence-electron chi connectivity index (χ1n) is 6.11. The topological polar surface area (TPSA) is 38.3 Å². The van der Waals surface area contributed by atoms with E-state index in [0.717, 1.165) is 25.7 Å². The van der Waals surface area contributed by atoms with Crippen LogP contribution in [-0.2, 0) is 0 Å². The third kappa shape index (κ3) is 3.89. The fourth-order valence-corrected chi connectivity index (χ4v) is 2.55. The Morgan fingerprint density at radius 2 is 2.05 bits per heavy atom. The smallest absolute Gasteiger partial charge is 0.387 e. The van der Waals surface area contributed by atoms with Crippen molar-refractivity contribution in [2.45, 2.75) is 38.3 Å². The SMILES string of the molecule is O=C(NC1CCCC1)c1ccc(Br)cc1OC(F)F. The van der Waals surface area contributed by atoms with Gasteiger partial charge in [0.25, 0.3) is 5.91 Å². The number of carbonyl (C=O) groups is 1. The molecule has 2 rings (SSSR count). The minimum Gasteiger partial charge on any atom is -0.434 e. The molecule has 0 saturated heterocycles. The predicted octanol–water partition coefficient (Wildman–Crippen LogP) is 3.72. The van der Waals surface area contributed by atoms with E-state index in [9.17, 15) is 13.6 Å². The van der Waals surface area contributed by atoms with Crippen LogP contribution in [0.5, 0.6) is 5.75 Å². The molecule has 1 aromatic rings. The third-order valence-electron chi connectivity index (χ3n) is 3.09. The van der Waals surface area contributed by atoms with Crippen molar-refractivity contribution in [3.05, 3.63) is 28.2 Å². The van der Waals surface area contributed by atoms with Crippen LogP contribution in [0.25, 0.3) is 0 Å². The highest BCUT2D eigenvalue weighted by molar-refractivity contribution is 9.10. The minimum absolute atomic E-state index is 0.111. The number of rotatable bonds is 4. The zero-order valence-electron chi connectivity index (χ0n) is 10.2. The average molecular weight is 334 g/mol. The number of hydrogen-bond acceptors (Lipinski definition) is 2. The molecular weight excluding hydrogens is 320 g/mol. The maximum atomic E-state index is 12.3. The van der Waals surface area contributed by atoms with Crippen LogP contribution in [-0.4, -0.2) is 18.6 Å². The van der Waals surface area contributed by atoms with Crippen LogP contribution < -0.4 is 10.1 Å². The minimum atomic E-state index is -2.95. The maximum absolute atomic E-state index is 12.3. The third-order valence-corrected chi connectivity index (χ3v) is 3.59. The lowest BCUT2D eigenvalue weighted by Crippen LogP contribution is -2.32.